The molecule has 1 saturated heterocycles. The number of amides is 2. The third-order valence-electron chi connectivity index (χ3n) is 6.15. The van der Waals surface area contributed by atoms with Crippen LogP contribution in [0.5, 0.6) is 0 Å². The van der Waals surface area contributed by atoms with Gasteiger partial charge in [0.25, 0.3) is 11.5 Å². The van der Waals surface area contributed by atoms with E-state index in [0.717, 1.165) is 29.7 Å². The van der Waals surface area contributed by atoms with Crippen LogP contribution >= 0.6 is 0 Å². The molecule has 3 heterocycles. The summed E-state index contributed by atoms with van der Waals surface area (Å²) in [5.41, 5.74) is 0.623. The summed E-state index contributed by atoms with van der Waals surface area (Å²) in [5.74, 6) is 0.272. The van der Waals surface area contributed by atoms with Crippen molar-refractivity contribution in [2.45, 2.75) is 57.7 Å². The van der Waals surface area contributed by atoms with E-state index < -0.39 is 17.2 Å². The average Bonchev–Trinajstić information content (AvgIpc) is 3.35. The summed E-state index contributed by atoms with van der Waals surface area (Å²) in [7, 11) is 1.73. The van der Waals surface area contributed by atoms with Gasteiger partial charge >= 0.3 is 6.09 Å². The first kappa shape index (κ1) is 22.8. The van der Waals surface area contributed by atoms with Gasteiger partial charge in [-0.25, -0.2) is 9.79 Å². The summed E-state index contributed by atoms with van der Waals surface area (Å²) in [6, 6.07) is 12.3. The minimum absolute atomic E-state index is 0.0842. The molecule has 2 atom stereocenters. The number of nitrogens with zero attached hydrogens (tertiary/aromatic N) is 3. The highest BCUT2D eigenvalue weighted by Gasteiger charge is 2.45. The van der Waals surface area contributed by atoms with Crippen molar-refractivity contribution in [3.05, 3.63) is 58.4 Å². The van der Waals surface area contributed by atoms with Gasteiger partial charge in [-0.1, -0.05) is 30.3 Å². The second-order valence-electron chi connectivity index (χ2n) is 9.74. The molecule has 8 heteroatoms. The molecule has 1 N–H and O–H groups in total. The molecule has 8 nitrogen and oxygen atoms in total. The van der Waals surface area contributed by atoms with Crippen molar-refractivity contribution in [1.82, 2.24) is 14.8 Å². The average molecular weight is 451 g/mol. The van der Waals surface area contributed by atoms with Crippen molar-refractivity contribution in [1.29, 1.82) is 0 Å². The molecule has 1 fully saturated rings. The topological polar surface area (TPSA) is 93.0 Å². The molecule has 2 aliphatic heterocycles. The maximum atomic E-state index is 13.0. The van der Waals surface area contributed by atoms with E-state index in [2.05, 4.69) is 5.32 Å². The Balaban J connectivity index is 1.60. The zero-order valence-corrected chi connectivity index (χ0v) is 19.7. The molecular weight excluding hydrogens is 420 g/mol. The normalized spacial score (nSPS) is 22.8. The Bertz CT molecular complexity index is 1180. The van der Waals surface area contributed by atoms with E-state index in [9.17, 15) is 14.4 Å². The molecule has 0 radical (unpaired) electrons. The first-order valence-electron chi connectivity index (χ1n) is 11.2. The predicted octanol–water partition coefficient (Wildman–Crippen LogP) is 3.20. The van der Waals surface area contributed by atoms with Gasteiger partial charge in [-0.2, -0.15) is 0 Å². The molecule has 2 amide bonds. The van der Waals surface area contributed by atoms with Crippen LogP contribution in [0, 0.1) is 0 Å². The summed E-state index contributed by atoms with van der Waals surface area (Å²) < 4.78 is 7.13. The first-order valence-corrected chi connectivity index (χ1v) is 11.2. The van der Waals surface area contributed by atoms with E-state index >= 15 is 0 Å². The van der Waals surface area contributed by atoms with Gasteiger partial charge in [0.15, 0.2) is 5.54 Å². The Morgan fingerprint density at radius 2 is 1.85 bits per heavy atom. The van der Waals surface area contributed by atoms with E-state index in [4.69, 9.17) is 9.73 Å². The van der Waals surface area contributed by atoms with Crippen molar-refractivity contribution in [2.75, 3.05) is 6.54 Å². The number of hydrogen-bond acceptors (Lipinski definition) is 5. The van der Waals surface area contributed by atoms with Gasteiger partial charge in [0.05, 0.1) is 11.7 Å². The van der Waals surface area contributed by atoms with Crippen LogP contribution in [0.4, 0.5) is 4.79 Å². The molecule has 2 aromatic rings. The number of carbonyl (C=O) groups excluding carboxylic acids is 2. The SMILES string of the molecule is Cn1c(-c2ccc(C3(C)N=C(C4CCCN4C(=O)OC(C)(C)C)NC3=O)cc2)cccc1=O. The third-order valence-corrected chi connectivity index (χ3v) is 6.15. The maximum absolute atomic E-state index is 13.0. The Morgan fingerprint density at radius 1 is 1.15 bits per heavy atom. The predicted molar refractivity (Wildman–Crippen MR) is 126 cm³/mol. The van der Waals surface area contributed by atoms with Gasteiger partial charge in [-0.15, -0.1) is 0 Å². The van der Waals surface area contributed by atoms with Gasteiger partial charge in [0.1, 0.15) is 11.4 Å². The second kappa shape index (κ2) is 8.17. The smallest absolute Gasteiger partial charge is 0.410 e. The van der Waals surface area contributed by atoms with Crippen molar-refractivity contribution in [3.8, 4) is 11.3 Å². The number of hydrogen-bond donors (Lipinski definition) is 1. The fraction of sp³-hybridized carbons (Fsp3) is 0.440. The lowest BCUT2D eigenvalue weighted by Crippen LogP contribution is -2.47. The van der Waals surface area contributed by atoms with Gasteiger partial charge in [-0.05, 0) is 57.7 Å². The van der Waals surface area contributed by atoms with E-state index in [1.807, 2.05) is 51.1 Å². The van der Waals surface area contributed by atoms with E-state index in [1.165, 1.54) is 6.07 Å². The molecule has 0 bridgehead atoms. The molecule has 0 aliphatic carbocycles. The number of nitrogens with one attached hydrogen (secondary N) is 1. The number of carbonyl (C=O) groups is 2. The third kappa shape index (κ3) is 4.29. The fourth-order valence-electron chi connectivity index (χ4n) is 4.32. The summed E-state index contributed by atoms with van der Waals surface area (Å²) in [6.45, 7) is 7.84. The van der Waals surface area contributed by atoms with Gasteiger partial charge in [0, 0.05) is 19.7 Å². The Kier molecular flexibility index (Phi) is 5.64. The number of aromatic nitrogens is 1. The minimum Gasteiger partial charge on any atom is -0.444 e. The summed E-state index contributed by atoms with van der Waals surface area (Å²) in [4.78, 5) is 44.1. The number of likely N-dealkylation sites (tertiary alicyclic amines) is 1. The molecule has 0 spiro atoms. The molecule has 1 aromatic carbocycles. The summed E-state index contributed by atoms with van der Waals surface area (Å²) >= 11 is 0. The van der Waals surface area contributed by atoms with Crippen molar-refractivity contribution in [2.24, 2.45) is 12.0 Å². The quantitative estimate of drug-likeness (QED) is 0.777. The molecule has 2 aliphatic rings. The van der Waals surface area contributed by atoms with Crippen LogP contribution in [0.15, 0.2) is 52.3 Å². The number of ether oxygens (including phenoxy) is 1. The highest BCUT2D eigenvalue weighted by atomic mass is 16.6. The lowest BCUT2D eigenvalue weighted by Gasteiger charge is -2.28. The van der Waals surface area contributed by atoms with Crippen LogP contribution in [0.1, 0.15) is 46.1 Å². The molecular formula is C25H30N4O4. The number of benzene rings is 1. The summed E-state index contributed by atoms with van der Waals surface area (Å²) in [5, 5.41) is 2.91. The number of aliphatic imine (C=N–C) groups is 1. The zero-order chi connectivity index (χ0) is 24.0. The summed E-state index contributed by atoms with van der Waals surface area (Å²) in [6.07, 6.45) is 1.14. The van der Waals surface area contributed by atoms with Crippen molar-refractivity contribution >= 4 is 17.8 Å². The van der Waals surface area contributed by atoms with Crippen LogP contribution in [0.25, 0.3) is 11.3 Å². The number of pyridine rings is 1. The Morgan fingerprint density at radius 3 is 2.52 bits per heavy atom. The second-order valence-corrected chi connectivity index (χ2v) is 9.74. The van der Waals surface area contributed by atoms with Crippen LogP contribution in [0.2, 0.25) is 0 Å². The lowest BCUT2D eigenvalue weighted by molar-refractivity contribution is -0.123. The highest BCUT2D eigenvalue weighted by molar-refractivity contribution is 6.11. The van der Waals surface area contributed by atoms with Gasteiger partial charge in [0.2, 0.25) is 0 Å². The number of amidine groups is 1. The standard InChI is InChI=1S/C25H30N4O4/c1-24(2,3)33-23(32)29-15-7-9-19(29)21-26-22(31)25(4,27-21)17-13-11-16(12-14-17)18-8-6-10-20(30)28(18)5/h6,8,10-14,19H,7,9,15H2,1-5H3,(H,26,27,31). The van der Waals surface area contributed by atoms with Crippen LogP contribution in [-0.2, 0) is 22.1 Å². The van der Waals surface area contributed by atoms with Crippen molar-refractivity contribution in [3.63, 3.8) is 0 Å². The molecule has 1 aromatic heterocycles. The van der Waals surface area contributed by atoms with Crippen LogP contribution in [0.3, 0.4) is 0 Å². The Labute approximate surface area is 193 Å². The van der Waals surface area contributed by atoms with Crippen LogP contribution in [-0.4, -0.2) is 45.5 Å². The van der Waals surface area contributed by atoms with Crippen molar-refractivity contribution < 1.29 is 14.3 Å². The highest BCUT2D eigenvalue weighted by Crippen LogP contribution is 2.33. The van der Waals surface area contributed by atoms with Gasteiger partial charge < -0.3 is 14.6 Å². The maximum Gasteiger partial charge on any atom is 0.410 e. The monoisotopic (exact) mass is 450 g/mol. The molecule has 4 rings (SSSR count). The minimum atomic E-state index is -1.10. The molecule has 33 heavy (non-hydrogen) atoms. The van der Waals surface area contributed by atoms with Gasteiger partial charge in [-0.3, -0.25) is 14.5 Å². The number of rotatable bonds is 3. The largest absolute Gasteiger partial charge is 0.444 e. The van der Waals surface area contributed by atoms with E-state index in [1.54, 1.807) is 29.5 Å². The Hall–Kier alpha value is -3.42. The molecule has 2 unspecified atom stereocenters. The first-order chi connectivity index (χ1) is 15.5. The van der Waals surface area contributed by atoms with E-state index in [-0.39, 0.29) is 17.5 Å². The molecule has 174 valence electrons. The molecule has 0 saturated carbocycles. The van der Waals surface area contributed by atoms with E-state index in [0.29, 0.717) is 12.4 Å². The fourth-order valence-corrected chi connectivity index (χ4v) is 4.32. The zero-order valence-electron chi connectivity index (χ0n) is 19.7. The lowest BCUT2D eigenvalue weighted by atomic mass is 9.91. The van der Waals surface area contributed by atoms with Crippen LogP contribution < -0.4 is 10.9 Å².